The zero-order valence-electron chi connectivity index (χ0n) is 70.9. The van der Waals surface area contributed by atoms with Gasteiger partial charge in [-0.25, -0.2) is 4.68 Å². The molecule has 48 heteroatoms. The molecule has 27 atom stereocenters. The third-order valence-corrected chi connectivity index (χ3v) is 19.8. The number of hydrogen-bond acceptors (Lipinski definition) is 44. The van der Waals surface area contributed by atoms with Crippen molar-refractivity contribution in [1.82, 2.24) is 19.9 Å². The number of hydrogen-bond donors (Lipinski definition) is 0. The Balaban J connectivity index is 1.18. The van der Waals surface area contributed by atoms with E-state index in [4.69, 9.17) is 142 Å². The van der Waals surface area contributed by atoms with Crippen LogP contribution in [0, 0.1) is 0 Å². The molecule has 5 aliphatic heterocycles. The average Bonchev–Trinajstić information content (AvgIpc) is 1.54. The number of nitrogens with zero attached hydrogens (tertiary/aromatic N) is 4. The molecule has 1 amide bonds. The van der Waals surface area contributed by atoms with E-state index in [-0.39, 0.29) is 37.3 Å². The SMILES string of the molecule is CC(=O)OCC1=C[C@H](N(C(C)=O)[C@H]2CC(OC(C)=O)[C@@H](O[C@@H]3C(COC(C)=O)O[C@H](O[C@@H]4C(COC(C)=O)O[C@@H](OCCCc5cn(C[C@H]6O[C@@](CCl)(O[C@H]7O[C@H](COC(C)=O)[C@H](Cl)[C@H](OC(C)=O)[C@H]7OC(C)=O)[C@@H](OC(C)=O)[C@@H]6OC(C)=O)nn5)[C@@H](OC(C)=O)C4OC(C)=O)C(OC(C)=O)C3OC(C)=O)OC2C)[C@H](OC(C)=O)[C@@H](OC(C)=O)[C@@H]1OC(C)=O. The summed E-state index contributed by atoms with van der Waals surface area (Å²) in [6.45, 7) is 15.1. The van der Waals surface area contributed by atoms with Gasteiger partial charge >= 0.3 is 95.5 Å². The Kier molecular flexibility index (Phi) is 37.4. The lowest BCUT2D eigenvalue weighted by Crippen LogP contribution is -2.68. The molecular weight excluding hydrogens is 1710 g/mol. The zero-order valence-corrected chi connectivity index (χ0v) is 72.4. The molecule has 0 bridgehead atoms. The van der Waals surface area contributed by atoms with E-state index in [1.54, 1.807) is 0 Å². The first-order valence-corrected chi connectivity index (χ1v) is 39.8. The minimum absolute atomic E-state index is 0.0110. The van der Waals surface area contributed by atoms with Gasteiger partial charge in [0.15, 0.2) is 92.1 Å². The van der Waals surface area contributed by atoms with Crippen LogP contribution in [0.15, 0.2) is 17.8 Å². The Morgan fingerprint density at radius 3 is 1.36 bits per heavy atom. The highest BCUT2D eigenvalue weighted by Crippen LogP contribution is 2.45. The molecule has 7 rings (SSSR count). The van der Waals surface area contributed by atoms with E-state index in [1.807, 2.05) is 0 Å². The van der Waals surface area contributed by atoms with E-state index in [1.165, 1.54) is 23.9 Å². The summed E-state index contributed by atoms with van der Waals surface area (Å²) in [6.07, 6.45) is -37.7. The Hall–Kier alpha value is -9.91. The summed E-state index contributed by atoms with van der Waals surface area (Å²) in [7, 11) is 0. The van der Waals surface area contributed by atoms with Gasteiger partial charge in [-0.15, -0.1) is 28.3 Å². The second-order valence-corrected chi connectivity index (χ2v) is 29.9. The summed E-state index contributed by atoms with van der Waals surface area (Å²) in [6, 6.07) is -2.79. The predicted octanol–water partition coefficient (Wildman–Crippen LogP) is 0.224. The second-order valence-electron chi connectivity index (χ2n) is 29.1. The molecule has 0 N–H and O–H groups in total. The van der Waals surface area contributed by atoms with Crippen LogP contribution in [-0.4, -0.2) is 325 Å². The van der Waals surface area contributed by atoms with Crippen molar-refractivity contribution in [3.05, 3.63) is 23.5 Å². The van der Waals surface area contributed by atoms with E-state index in [2.05, 4.69) is 10.3 Å². The average molecular weight is 1810 g/mol. The summed E-state index contributed by atoms with van der Waals surface area (Å²) >= 11 is 13.4. The van der Waals surface area contributed by atoms with Crippen molar-refractivity contribution < 1.29 is 200 Å². The maximum Gasteiger partial charge on any atom is 0.303 e. The highest BCUT2D eigenvalue weighted by atomic mass is 35.5. The molecule has 46 nitrogen and oxygen atoms in total. The van der Waals surface area contributed by atoms with Crippen LogP contribution >= 0.6 is 23.2 Å². The van der Waals surface area contributed by atoms with Crippen molar-refractivity contribution in [2.75, 3.05) is 38.9 Å². The van der Waals surface area contributed by atoms with Gasteiger partial charge in [0.05, 0.1) is 42.9 Å². The molecule has 6 aliphatic rings. The third kappa shape index (κ3) is 28.3. The Morgan fingerprint density at radius 1 is 0.452 bits per heavy atom. The van der Waals surface area contributed by atoms with Crippen molar-refractivity contribution in [1.29, 1.82) is 0 Å². The van der Waals surface area contributed by atoms with E-state index < -0.39 is 305 Å². The molecule has 1 aromatic heterocycles. The van der Waals surface area contributed by atoms with E-state index in [0.29, 0.717) is 0 Å². The molecule has 692 valence electrons. The lowest BCUT2D eigenvalue weighted by atomic mass is 9.84. The number of ether oxygens (including phenoxy) is 25. The van der Waals surface area contributed by atoms with Crippen LogP contribution in [0.3, 0.4) is 0 Å². The Labute approximate surface area is 718 Å². The number of carbonyl (C=O) groups excluding carboxylic acids is 17. The van der Waals surface area contributed by atoms with E-state index in [9.17, 15) is 81.5 Å². The molecular formula is C76H102Cl2N4O42. The number of esters is 16. The zero-order chi connectivity index (χ0) is 92.2. The molecule has 0 spiro atoms. The van der Waals surface area contributed by atoms with Gasteiger partial charge in [0.1, 0.15) is 68.4 Å². The minimum Gasteiger partial charge on any atom is -0.463 e. The molecule has 124 heavy (non-hydrogen) atoms. The van der Waals surface area contributed by atoms with Crippen LogP contribution in [0.25, 0.3) is 0 Å². The van der Waals surface area contributed by atoms with Crippen LogP contribution in [0.1, 0.15) is 143 Å². The van der Waals surface area contributed by atoms with E-state index in [0.717, 1.165) is 123 Å². The van der Waals surface area contributed by atoms with Crippen molar-refractivity contribution in [3.63, 3.8) is 0 Å². The first kappa shape index (κ1) is 101. The van der Waals surface area contributed by atoms with Crippen molar-refractivity contribution in [2.45, 2.75) is 315 Å². The molecule has 6 heterocycles. The molecule has 5 fully saturated rings. The lowest BCUT2D eigenvalue weighted by Gasteiger charge is -2.51. The standard InChI is InChI=1S/C76H102Cl2N4O42/c1-31-51(82(32(2)83)52-22-49(26-101-33(3)84)59(107-38(8)89)65(111-42(12)93)60(52)108-39(9)90)23-53(106-37(7)88)72(105-31)121-61-57(29-104-36(6)87)120-74(70(116-47(17)98)67(61)113-44(14)95)122-62-56(28-103-35(5)86)119-73(69(115-46(16)97)66(62)112-43(13)94)100-21-19-20-50-24-81(80-79-50)25-54-63(109-40(10)91)71(117-48(18)99)76(30-77,123-54)124-75-68(114-45(15)96)64(110-41(11)92)58(78)55(118-75)27-102-34(4)85/h22,24,31,51-75H,19-21,23,25-30H2,1-18H3/t31?,51-,52-,53?,54+,55+,56?,57?,58-,59+,60-,61+,62+,63+,64-,65-,66?,67?,68+,69-,70?,71-,72+,73+,74+,75+,76-/m0/s1. The maximum absolute atomic E-state index is 14.4. The van der Waals surface area contributed by atoms with Crippen LogP contribution in [0.5, 0.6) is 0 Å². The van der Waals surface area contributed by atoms with Gasteiger partial charge in [-0.1, -0.05) is 11.3 Å². The van der Waals surface area contributed by atoms with Crippen LogP contribution in [-0.2, 0) is 213 Å². The van der Waals surface area contributed by atoms with Crippen LogP contribution in [0.2, 0.25) is 0 Å². The van der Waals surface area contributed by atoms with E-state index >= 15 is 0 Å². The summed E-state index contributed by atoms with van der Waals surface area (Å²) in [5.41, 5.74) is 0.208. The highest BCUT2D eigenvalue weighted by molar-refractivity contribution is 6.21. The fourth-order valence-corrected chi connectivity index (χ4v) is 15.3. The smallest absolute Gasteiger partial charge is 0.303 e. The van der Waals surface area contributed by atoms with Gasteiger partial charge in [0.2, 0.25) is 18.0 Å². The van der Waals surface area contributed by atoms with Gasteiger partial charge in [0, 0.05) is 136 Å². The van der Waals surface area contributed by atoms with Crippen molar-refractivity contribution in [2.24, 2.45) is 0 Å². The molecule has 0 aromatic carbocycles. The number of rotatable bonds is 36. The first-order valence-electron chi connectivity index (χ1n) is 38.8. The fraction of sp³-hybridized carbons (Fsp3) is 0.724. The molecule has 1 aliphatic carbocycles. The third-order valence-electron chi connectivity index (χ3n) is 18.9. The maximum atomic E-state index is 14.4. The topological polar surface area (TPSA) is 555 Å². The normalized spacial score (nSPS) is 31.9. The fourth-order valence-electron chi connectivity index (χ4n) is 14.7. The van der Waals surface area contributed by atoms with Gasteiger partial charge in [-0.2, -0.15) is 0 Å². The number of alkyl halides is 2. The van der Waals surface area contributed by atoms with Gasteiger partial charge < -0.3 is 123 Å². The molecule has 1 aromatic rings. The number of carbonyl (C=O) groups is 17. The van der Waals surface area contributed by atoms with Crippen molar-refractivity contribution in [3.8, 4) is 0 Å². The molecule has 0 radical (unpaired) electrons. The molecule has 7 unspecified atom stereocenters. The number of halogens is 2. The Morgan fingerprint density at radius 2 is 0.879 bits per heavy atom. The first-order chi connectivity index (χ1) is 58.2. The Bertz CT molecular complexity index is 4070. The summed E-state index contributed by atoms with van der Waals surface area (Å²) in [5.74, 6) is -19.2. The molecule has 5 saturated heterocycles. The summed E-state index contributed by atoms with van der Waals surface area (Å²) < 4.78 is 149. The van der Waals surface area contributed by atoms with Gasteiger partial charge in [0.25, 0.3) is 0 Å². The summed E-state index contributed by atoms with van der Waals surface area (Å²) in [5, 5.41) is 7.10. The van der Waals surface area contributed by atoms with Crippen molar-refractivity contribution >= 4 is 125 Å². The minimum atomic E-state index is -2.40. The number of aromatic nitrogens is 3. The second kappa shape index (κ2) is 45.8. The largest absolute Gasteiger partial charge is 0.463 e. The summed E-state index contributed by atoms with van der Waals surface area (Å²) in [4.78, 5) is 222. The van der Waals surface area contributed by atoms with Crippen LogP contribution in [0.4, 0.5) is 0 Å². The molecule has 0 saturated carbocycles. The lowest BCUT2D eigenvalue weighted by molar-refractivity contribution is -0.374. The highest BCUT2D eigenvalue weighted by Gasteiger charge is 2.65. The number of amides is 1. The van der Waals surface area contributed by atoms with Crippen LogP contribution < -0.4 is 0 Å². The van der Waals surface area contributed by atoms with Gasteiger partial charge in [-0.05, 0) is 19.8 Å². The predicted molar refractivity (Wildman–Crippen MR) is 399 cm³/mol. The number of aryl methyl sites for hydroxylation is 1. The quantitative estimate of drug-likeness (QED) is 0.0285. The van der Waals surface area contributed by atoms with Gasteiger partial charge in [-0.3, -0.25) is 81.5 Å². The monoisotopic (exact) mass is 1810 g/mol.